The Kier molecular flexibility index (Phi) is 4.93. The van der Waals surface area contributed by atoms with Crippen molar-refractivity contribution in [2.75, 3.05) is 0 Å². The normalized spacial score (nSPS) is 11.8. The van der Waals surface area contributed by atoms with Gasteiger partial charge in [0.15, 0.2) is 0 Å². The van der Waals surface area contributed by atoms with Crippen LogP contribution in [0.25, 0.3) is 87.4 Å². The van der Waals surface area contributed by atoms with Crippen LogP contribution in [0.3, 0.4) is 0 Å². The summed E-state index contributed by atoms with van der Waals surface area (Å²) in [6.45, 7) is 0. The fourth-order valence-electron chi connectivity index (χ4n) is 6.78. The van der Waals surface area contributed by atoms with Crippen molar-refractivity contribution in [3.05, 3.63) is 146 Å². The first-order chi connectivity index (χ1) is 20.8. The largest absolute Gasteiger partial charge is 0.248 e. The molecular weight excluding hydrogens is 508 g/mol. The molecule has 9 rings (SSSR count). The zero-order valence-electron chi connectivity index (χ0n) is 22.8. The van der Waals surface area contributed by atoms with E-state index in [9.17, 15) is 0 Å². The predicted octanol–water partition coefficient (Wildman–Crippen LogP) is 10.7. The van der Waals surface area contributed by atoms with Gasteiger partial charge in [-0.25, -0.2) is 9.97 Å². The van der Waals surface area contributed by atoms with Crippen molar-refractivity contribution in [2.45, 2.75) is 0 Å². The summed E-state index contributed by atoms with van der Waals surface area (Å²) in [4.78, 5) is 10.6. The van der Waals surface area contributed by atoms with Crippen molar-refractivity contribution < 1.29 is 0 Å². The molecule has 0 spiro atoms. The molecule has 194 valence electrons. The third-order valence-corrected chi connectivity index (χ3v) is 8.61. The molecule has 2 heterocycles. The third-order valence-electron chi connectivity index (χ3n) is 8.61. The number of hydrogen-bond acceptors (Lipinski definition) is 2. The number of rotatable bonds is 2. The van der Waals surface area contributed by atoms with Crippen LogP contribution in [-0.2, 0) is 0 Å². The lowest BCUT2D eigenvalue weighted by Crippen LogP contribution is -1.96. The minimum atomic E-state index is 0.981. The van der Waals surface area contributed by atoms with Gasteiger partial charge in [0.2, 0.25) is 0 Å². The highest BCUT2D eigenvalue weighted by molar-refractivity contribution is 6.27. The van der Waals surface area contributed by atoms with E-state index in [-0.39, 0.29) is 0 Å². The van der Waals surface area contributed by atoms with Crippen molar-refractivity contribution >= 4 is 64.9 Å². The fourth-order valence-corrected chi connectivity index (χ4v) is 6.78. The summed E-state index contributed by atoms with van der Waals surface area (Å²) in [6.07, 6.45) is 0. The maximum absolute atomic E-state index is 5.41. The van der Waals surface area contributed by atoms with Crippen LogP contribution in [0.2, 0.25) is 0 Å². The summed E-state index contributed by atoms with van der Waals surface area (Å²) in [5.74, 6) is 0. The van der Waals surface area contributed by atoms with Crippen LogP contribution in [-0.4, -0.2) is 9.97 Å². The van der Waals surface area contributed by atoms with Crippen molar-refractivity contribution in [2.24, 2.45) is 0 Å². The molecular formula is C40H24N2. The second-order valence-electron chi connectivity index (χ2n) is 10.9. The molecule has 0 atom stereocenters. The molecule has 0 bridgehead atoms. The summed E-state index contributed by atoms with van der Waals surface area (Å²) >= 11 is 0. The van der Waals surface area contributed by atoms with Gasteiger partial charge in [-0.15, -0.1) is 0 Å². The quantitative estimate of drug-likeness (QED) is 0.163. The monoisotopic (exact) mass is 532 g/mol. The van der Waals surface area contributed by atoms with Gasteiger partial charge in [0.1, 0.15) is 0 Å². The van der Waals surface area contributed by atoms with E-state index >= 15 is 0 Å². The zero-order valence-corrected chi connectivity index (χ0v) is 22.8. The SMILES string of the molecule is c1ccc2nc(-c3c4ccccc4c(-c4nc5ccccc5c5c4ccc4ccccc45)c4ccccc34)ccc2c1. The Bertz CT molecular complexity index is 2450. The Morgan fingerprint density at radius 2 is 0.833 bits per heavy atom. The lowest BCUT2D eigenvalue weighted by Gasteiger charge is -2.19. The lowest BCUT2D eigenvalue weighted by atomic mass is 9.86. The van der Waals surface area contributed by atoms with Gasteiger partial charge in [-0.05, 0) is 50.5 Å². The Labute approximate surface area is 242 Å². The van der Waals surface area contributed by atoms with Gasteiger partial charge in [-0.2, -0.15) is 0 Å². The topological polar surface area (TPSA) is 25.8 Å². The molecule has 0 unspecified atom stereocenters. The number of para-hydroxylation sites is 2. The van der Waals surface area contributed by atoms with E-state index in [0.717, 1.165) is 38.9 Å². The Morgan fingerprint density at radius 1 is 0.310 bits per heavy atom. The van der Waals surface area contributed by atoms with E-state index < -0.39 is 0 Å². The molecule has 0 saturated carbocycles. The number of pyridine rings is 2. The van der Waals surface area contributed by atoms with Crippen LogP contribution in [0, 0.1) is 0 Å². The van der Waals surface area contributed by atoms with Crippen molar-refractivity contribution in [1.82, 2.24) is 9.97 Å². The molecule has 0 amide bonds. The molecule has 2 heteroatoms. The summed E-state index contributed by atoms with van der Waals surface area (Å²) in [5.41, 5.74) is 6.32. The highest BCUT2D eigenvalue weighted by Gasteiger charge is 2.21. The van der Waals surface area contributed by atoms with Gasteiger partial charge in [0, 0.05) is 32.7 Å². The van der Waals surface area contributed by atoms with Crippen molar-refractivity contribution in [3.63, 3.8) is 0 Å². The van der Waals surface area contributed by atoms with Gasteiger partial charge in [0.25, 0.3) is 0 Å². The van der Waals surface area contributed by atoms with Crippen LogP contribution in [0.15, 0.2) is 146 Å². The molecule has 2 nitrogen and oxygen atoms in total. The number of nitrogens with zero attached hydrogens (tertiary/aromatic N) is 2. The van der Waals surface area contributed by atoms with Crippen LogP contribution >= 0.6 is 0 Å². The highest BCUT2D eigenvalue weighted by atomic mass is 14.7. The third kappa shape index (κ3) is 3.33. The van der Waals surface area contributed by atoms with E-state index in [1.165, 1.54) is 48.5 Å². The minimum absolute atomic E-state index is 0.981. The molecule has 0 radical (unpaired) electrons. The maximum Gasteiger partial charge on any atom is 0.0800 e. The Hall–Kier alpha value is -5.60. The average Bonchev–Trinajstić information content (AvgIpc) is 3.06. The molecule has 0 aliphatic rings. The molecule has 0 fully saturated rings. The molecule has 7 aromatic carbocycles. The van der Waals surface area contributed by atoms with Crippen molar-refractivity contribution in [3.8, 4) is 22.5 Å². The van der Waals surface area contributed by atoms with E-state index in [1.54, 1.807) is 0 Å². The molecule has 0 saturated heterocycles. The van der Waals surface area contributed by atoms with Crippen LogP contribution in [0.4, 0.5) is 0 Å². The summed E-state index contributed by atoms with van der Waals surface area (Å²) in [7, 11) is 0. The number of hydrogen-bond donors (Lipinski definition) is 0. The van der Waals surface area contributed by atoms with Crippen molar-refractivity contribution in [1.29, 1.82) is 0 Å². The molecule has 42 heavy (non-hydrogen) atoms. The molecule has 0 aliphatic carbocycles. The number of aromatic nitrogens is 2. The molecule has 0 aliphatic heterocycles. The fraction of sp³-hybridized carbons (Fsp3) is 0. The second-order valence-corrected chi connectivity index (χ2v) is 10.9. The van der Waals surface area contributed by atoms with Crippen LogP contribution < -0.4 is 0 Å². The van der Waals surface area contributed by atoms with Gasteiger partial charge >= 0.3 is 0 Å². The predicted molar refractivity (Wildman–Crippen MR) is 178 cm³/mol. The van der Waals surface area contributed by atoms with Crippen LogP contribution in [0.1, 0.15) is 0 Å². The van der Waals surface area contributed by atoms with Crippen LogP contribution in [0.5, 0.6) is 0 Å². The first-order valence-electron chi connectivity index (χ1n) is 14.4. The molecule has 2 aromatic heterocycles. The summed E-state index contributed by atoms with van der Waals surface area (Å²) < 4.78 is 0. The van der Waals surface area contributed by atoms with E-state index in [1.807, 2.05) is 0 Å². The van der Waals surface area contributed by atoms with E-state index in [2.05, 4.69) is 146 Å². The maximum atomic E-state index is 5.41. The molecule has 9 aromatic rings. The lowest BCUT2D eigenvalue weighted by molar-refractivity contribution is 1.41. The second kappa shape index (κ2) is 8.95. The van der Waals surface area contributed by atoms with E-state index in [4.69, 9.17) is 9.97 Å². The summed E-state index contributed by atoms with van der Waals surface area (Å²) in [5, 5.41) is 11.9. The van der Waals surface area contributed by atoms with Gasteiger partial charge in [-0.1, -0.05) is 127 Å². The van der Waals surface area contributed by atoms with E-state index in [0.29, 0.717) is 0 Å². The first-order valence-corrected chi connectivity index (χ1v) is 14.4. The highest BCUT2D eigenvalue weighted by Crippen LogP contribution is 2.46. The number of fused-ring (bicyclic) bond motifs is 8. The minimum Gasteiger partial charge on any atom is -0.248 e. The smallest absolute Gasteiger partial charge is 0.0800 e. The number of benzene rings is 7. The molecule has 0 N–H and O–H groups in total. The van der Waals surface area contributed by atoms with Gasteiger partial charge in [-0.3, -0.25) is 0 Å². The average molecular weight is 533 g/mol. The Morgan fingerprint density at radius 3 is 1.55 bits per heavy atom. The first kappa shape index (κ1) is 23.1. The van der Waals surface area contributed by atoms with Gasteiger partial charge < -0.3 is 0 Å². The van der Waals surface area contributed by atoms with Gasteiger partial charge in [0.05, 0.1) is 22.4 Å². The Balaban J connectivity index is 1.47. The summed E-state index contributed by atoms with van der Waals surface area (Å²) in [6, 6.07) is 51.8. The zero-order chi connectivity index (χ0) is 27.6. The standard InChI is InChI=1S/C40H24N2/c1-3-13-27-25(11-1)21-23-33-37(27)32-18-8-10-20-35(32)42-40(33)39-30-16-6-4-14-28(30)38(29-15-5-7-17-31(29)39)36-24-22-26-12-2-9-19-34(26)41-36/h1-24H.